The lowest BCUT2D eigenvalue weighted by atomic mass is 10.0. The van der Waals surface area contributed by atoms with E-state index in [1.54, 1.807) is 13.0 Å². The lowest BCUT2D eigenvalue weighted by molar-refractivity contribution is -0.140. The van der Waals surface area contributed by atoms with Crippen LogP contribution in [0.4, 0.5) is 13.2 Å². The van der Waals surface area contributed by atoms with Crippen LogP contribution in [0.25, 0.3) is 0 Å². The highest BCUT2D eigenvalue weighted by Crippen LogP contribution is 2.20. The molecule has 106 valence electrons. The Kier molecular flexibility index (Phi) is 4.94. The molecule has 0 atom stereocenters. The summed E-state index contributed by atoms with van der Waals surface area (Å²) in [5, 5.41) is 0. The van der Waals surface area contributed by atoms with Gasteiger partial charge in [0.05, 0.1) is 0 Å². The lowest BCUT2D eigenvalue weighted by Gasteiger charge is -2.24. The topological polar surface area (TPSA) is 46.3 Å². The van der Waals surface area contributed by atoms with E-state index in [1.165, 1.54) is 6.07 Å². The Hall–Kier alpha value is -1.56. The van der Waals surface area contributed by atoms with Crippen molar-refractivity contribution < 1.29 is 18.0 Å². The SMILES string of the molecule is Cc1cccc(C(=O)N(CCN)CC(F)(F)F)c1C. The van der Waals surface area contributed by atoms with Crippen LogP contribution in [0.1, 0.15) is 21.5 Å². The Morgan fingerprint density at radius 1 is 1.32 bits per heavy atom. The Labute approximate surface area is 110 Å². The number of amides is 1. The highest BCUT2D eigenvalue weighted by Gasteiger charge is 2.33. The molecule has 0 bridgehead atoms. The average Bonchev–Trinajstić information content (AvgIpc) is 2.30. The van der Waals surface area contributed by atoms with Crippen LogP contribution in [0.2, 0.25) is 0 Å². The van der Waals surface area contributed by atoms with Crippen molar-refractivity contribution in [3.05, 3.63) is 34.9 Å². The van der Waals surface area contributed by atoms with Crippen LogP contribution in [0.5, 0.6) is 0 Å². The average molecular weight is 274 g/mol. The number of benzene rings is 1. The maximum Gasteiger partial charge on any atom is 0.406 e. The summed E-state index contributed by atoms with van der Waals surface area (Å²) >= 11 is 0. The number of carbonyl (C=O) groups is 1. The molecule has 2 N–H and O–H groups in total. The van der Waals surface area contributed by atoms with Crippen LogP contribution in [-0.4, -0.2) is 36.6 Å². The molecule has 1 amide bonds. The van der Waals surface area contributed by atoms with Gasteiger partial charge in [0, 0.05) is 18.7 Å². The molecule has 0 saturated heterocycles. The number of halogens is 3. The number of hydrogen-bond acceptors (Lipinski definition) is 2. The van der Waals surface area contributed by atoms with E-state index in [0.29, 0.717) is 5.56 Å². The van der Waals surface area contributed by atoms with Crippen molar-refractivity contribution in [2.75, 3.05) is 19.6 Å². The molecule has 3 nitrogen and oxygen atoms in total. The van der Waals surface area contributed by atoms with Crippen LogP contribution < -0.4 is 5.73 Å². The predicted molar refractivity (Wildman–Crippen MR) is 66.9 cm³/mol. The van der Waals surface area contributed by atoms with Crippen molar-refractivity contribution in [2.24, 2.45) is 5.73 Å². The zero-order chi connectivity index (χ0) is 14.6. The summed E-state index contributed by atoms with van der Waals surface area (Å²) in [6.07, 6.45) is -4.43. The highest BCUT2D eigenvalue weighted by molar-refractivity contribution is 5.96. The van der Waals surface area contributed by atoms with Gasteiger partial charge in [0.25, 0.3) is 5.91 Å². The summed E-state index contributed by atoms with van der Waals surface area (Å²) < 4.78 is 37.4. The maximum atomic E-state index is 12.5. The molecule has 0 saturated carbocycles. The van der Waals surface area contributed by atoms with Gasteiger partial charge in [-0.1, -0.05) is 12.1 Å². The number of rotatable bonds is 4. The Bertz CT molecular complexity index is 458. The predicted octanol–water partition coefficient (Wildman–Crippen LogP) is 2.27. The zero-order valence-electron chi connectivity index (χ0n) is 10.9. The fraction of sp³-hybridized carbons (Fsp3) is 0.462. The van der Waals surface area contributed by atoms with Gasteiger partial charge in [-0.2, -0.15) is 13.2 Å². The fourth-order valence-electron chi connectivity index (χ4n) is 1.78. The van der Waals surface area contributed by atoms with Crippen molar-refractivity contribution in [3.8, 4) is 0 Å². The van der Waals surface area contributed by atoms with E-state index in [2.05, 4.69) is 0 Å². The maximum absolute atomic E-state index is 12.5. The first-order chi connectivity index (χ1) is 8.76. The molecule has 1 rings (SSSR count). The summed E-state index contributed by atoms with van der Waals surface area (Å²) in [7, 11) is 0. The van der Waals surface area contributed by atoms with Gasteiger partial charge in [0.15, 0.2) is 0 Å². The van der Waals surface area contributed by atoms with Crippen molar-refractivity contribution in [1.29, 1.82) is 0 Å². The summed E-state index contributed by atoms with van der Waals surface area (Å²) in [5.41, 5.74) is 7.12. The number of hydrogen-bond donors (Lipinski definition) is 1. The monoisotopic (exact) mass is 274 g/mol. The first kappa shape index (κ1) is 15.5. The van der Waals surface area contributed by atoms with E-state index in [1.807, 2.05) is 13.0 Å². The molecule has 0 aliphatic carbocycles. The Morgan fingerprint density at radius 2 is 1.95 bits per heavy atom. The number of nitrogens with zero attached hydrogens (tertiary/aromatic N) is 1. The summed E-state index contributed by atoms with van der Waals surface area (Å²) in [6.45, 7) is 2.12. The van der Waals surface area contributed by atoms with E-state index in [-0.39, 0.29) is 18.7 Å². The van der Waals surface area contributed by atoms with Crippen molar-refractivity contribution in [3.63, 3.8) is 0 Å². The van der Waals surface area contributed by atoms with Crippen LogP contribution in [-0.2, 0) is 0 Å². The summed E-state index contributed by atoms with van der Waals surface area (Å²) in [5.74, 6) is -0.635. The van der Waals surface area contributed by atoms with E-state index in [4.69, 9.17) is 5.73 Å². The molecular weight excluding hydrogens is 257 g/mol. The number of carbonyl (C=O) groups excluding carboxylic acids is 1. The van der Waals surface area contributed by atoms with Gasteiger partial charge in [-0.3, -0.25) is 4.79 Å². The smallest absolute Gasteiger partial charge is 0.329 e. The molecule has 0 spiro atoms. The lowest BCUT2D eigenvalue weighted by Crippen LogP contribution is -2.42. The van der Waals surface area contributed by atoms with E-state index in [9.17, 15) is 18.0 Å². The molecule has 0 unspecified atom stereocenters. The van der Waals surface area contributed by atoms with Crippen LogP contribution in [0.3, 0.4) is 0 Å². The molecule has 1 aromatic carbocycles. The zero-order valence-corrected chi connectivity index (χ0v) is 10.9. The molecule has 0 aliphatic rings. The van der Waals surface area contributed by atoms with Crippen molar-refractivity contribution >= 4 is 5.91 Å². The Balaban J connectivity index is 3.02. The number of nitrogens with two attached hydrogens (primary N) is 1. The molecule has 0 aliphatic heterocycles. The van der Waals surface area contributed by atoms with Crippen molar-refractivity contribution in [1.82, 2.24) is 4.90 Å². The third-order valence-corrected chi connectivity index (χ3v) is 2.89. The number of aryl methyl sites for hydroxylation is 1. The van der Waals surface area contributed by atoms with Gasteiger partial charge in [-0.05, 0) is 31.0 Å². The van der Waals surface area contributed by atoms with E-state index >= 15 is 0 Å². The molecule has 0 aromatic heterocycles. The molecule has 1 aromatic rings. The van der Waals surface area contributed by atoms with Crippen molar-refractivity contribution in [2.45, 2.75) is 20.0 Å². The molecule has 6 heteroatoms. The van der Waals surface area contributed by atoms with Crippen LogP contribution in [0, 0.1) is 13.8 Å². The largest absolute Gasteiger partial charge is 0.406 e. The van der Waals surface area contributed by atoms with E-state index in [0.717, 1.165) is 10.5 Å². The molecule has 0 radical (unpaired) electrons. The molecule has 19 heavy (non-hydrogen) atoms. The molecule has 0 fully saturated rings. The van der Waals surface area contributed by atoms with Gasteiger partial charge in [-0.15, -0.1) is 0 Å². The minimum atomic E-state index is -4.43. The summed E-state index contributed by atoms with van der Waals surface area (Å²) in [4.78, 5) is 12.9. The van der Waals surface area contributed by atoms with Crippen LogP contribution >= 0.6 is 0 Å². The van der Waals surface area contributed by atoms with Gasteiger partial charge < -0.3 is 10.6 Å². The normalized spacial score (nSPS) is 11.5. The quantitative estimate of drug-likeness (QED) is 0.915. The molecule has 0 heterocycles. The Morgan fingerprint density at radius 3 is 2.47 bits per heavy atom. The third-order valence-electron chi connectivity index (χ3n) is 2.89. The standard InChI is InChI=1S/C13H17F3N2O/c1-9-4-3-5-11(10(9)2)12(19)18(7-6-17)8-13(14,15)16/h3-5H,6-8,17H2,1-2H3. The fourth-order valence-corrected chi connectivity index (χ4v) is 1.78. The minimum absolute atomic E-state index is 0.00726. The summed E-state index contributed by atoms with van der Waals surface area (Å²) in [6, 6.07) is 5.00. The van der Waals surface area contributed by atoms with Gasteiger partial charge in [0.1, 0.15) is 6.54 Å². The second-order valence-electron chi connectivity index (χ2n) is 4.38. The first-order valence-corrected chi connectivity index (χ1v) is 5.88. The van der Waals surface area contributed by atoms with Gasteiger partial charge in [-0.25, -0.2) is 0 Å². The van der Waals surface area contributed by atoms with E-state index < -0.39 is 18.6 Å². The minimum Gasteiger partial charge on any atom is -0.329 e. The molecular formula is C13H17F3N2O. The van der Waals surface area contributed by atoms with Crippen LogP contribution in [0.15, 0.2) is 18.2 Å². The second-order valence-corrected chi connectivity index (χ2v) is 4.38. The van der Waals surface area contributed by atoms with Gasteiger partial charge in [0.2, 0.25) is 0 Å². The highest BCUT2D eigenvalue weighted by atomic mass is 19.4. The number of alkyl halides is 3. The first-order valence-electron chi connectivity index (χ1n) is 5.88. The van der Waals surface area contributed by atoms with Gasteiger partial charge >= 0.3 is 6.18 Å². The second kappa shape index (κ2) is 6.06. The third kappa shape index (κ3) is 4.24.